The van der Waals surface area contributed by atoms with Crippen LogP contribution in [0.5, 0.6) is 5.75 Å². The molecule has 1 aromatic heterocycles. The van der Waals surface area contributed by atoms with Crippen LogP contribution < -0.4 is 10.1 Å². The van der Waals surface area contributed by atoms with Crippen LogP contribution in [0.2, 0.25) is 5.02 Å². The number of carbonyl (C=O) groups is 1. The second-order valence-corrected chi connectivity index (χ2v) is 5.21. The first-order valence-electron chi connectivity index (χ1n) is 6.70. The van der Waals surface area contributed by atoms with E-state index in [1.165, 1.54) is 0 Å². The van der Waals surface area contributed by atoms with Crippen LogP contribution in [0.15, 0.2) is 24.7 Å². The largest absolute Gasteiger partial charge is 0.484 e. The molecule has 0 fully saturated rings. The van der Waals surface area contributed by atoms with E-state index in [-0.39, 0.29) is 12.5 Å². The number of H-pyrrole nitrogens is 1. The van der Waals surface area contributed by atoms with Crippen LogP contribution in [0.4, 0.5) is 0 Å². The van der Waals surface area contributed by atoms with Crippen molar-refractivity contribution < 1.29 is 9.53 Å². The first-order chi connectivity index (χ1) is 10.1. The van der Waals surface area contributed by atoms with E-state index in [9.17, 15) is 4.79 Å². The fourth-order valence-electron chi connectivity index (χ4n) is 1.95. The lowest BCUT2D eigenvalue weighted by atomic mass is 10.1. The van der Waals surface area contributed by atoms with Gasteiger partial charge in [0.2, 0.25) is 0 Å². The second-order valence-electron chi connectivity index (χ2n) is 4.84. The Labute approximate surface area is 128 Å². The smallest absolute Gasteiger partial charge is 0.257 e. The van der Waals surface area contributed by atoms with Gasteiger partial charge < -0.3 is 15.0 Å². The van der Waals surface area contributed by atoms with E-state index in [1.54, 1.807) is 12.5 Å². The molecule has 1 amide bonds. The van der Waals surface area contributed by atoms with Crippen LogP contribution in [0.1, 0.15) is 16.8 Å². The first-order valence-corrected chi connectivity index (χ1v) is 7.07. The third-order valence-corrected chi connectivity index (χ3v) is 3.65. The van der Waals surface area contributed by atoms with Gasteiger partial charge in [-0.3, -0.25) is 4.79 Å². The van der Waals surface area contributed by atoms with Crippen molar-refractivity contribution in [1.82, 2.24) is 15.3 Å². The van der Waals surface area contributed by atoms with Crippen molar-refractivity contribution >= 4 is 17.5 Å². The molecule has 0 spiro atoms. The highest BCUT2D eigenvalue weighted by molar-refractivity contribution is 6.32. The zero-order valence-corrected chi connectivity index (χ0v) is 12.8. The van der Waals surface area contributed by atoms with Crippen molar-refractivity contribution in [1.29, 1.82) is 0 Å². The quantitative estimate of drug-likeness (QED) is 0.861. The van der Waals surface area contributed by atoms with E-state index >= 15 is 0 Å². The normalized spacial score (nSPS) is 10.4. The van der Waals surface area contributed by atoms with Gasteiger partial charge >= 0.3 is 0 Å². The average Bonchev–Trinajstić information content (AvgIpc) is 2.95. The predicted molar refractivity (Wildman–Crippen MR) is 81.7 cm³/mol. The van der Waals surface area contributed by atoms with Gasteiger partial charge in [0.15, 0.2) is 6.61 Å². The molecule has 0 aliphatic rings. The average molecular weight is 308 g/mol. The van der Waals surface area contributed by atoms with Crippen LogP contribution >= 0.6 is 11.6 Å². The van der Waals surface area contributed by atoms with Gasteiger partial charge in [-0.05, 0) is 37.1 Å². The molecule has 5 nitrogen and oxygen atoms in total. The molecular formula is C15H18ClN3O2. The van der Waals surface area contributed by atoms with E-state index in [4.69, 9.17) is 16.3 Å². The summed E-state index contributed by atoms with van der Waals surface area (Å²) < 4.78 is 5.48. The van der Waals surface area contributed by atoms with Crippen LogP contribution in [-0.2, 0) is 11.2 Å². The molecule has 6 heteroatoms. The summed E-state index contributed by atoms with van der Waals surface area (Å²) in [6.45, 7) is 4.35. The van der Waals surface area contributed by atoms with Crippen LogP contribution in [0.25, 0.3) is 0 Å². The molecular weight excluding hydrogens is 290 g/mol. The molecule has 1 aromatic carbocycles. The Hall–Kier alpha value is -2.01. The van der Waals surface area contributed by atoms with E-state index in [0.29, 0.717) is 18.7 Å². The lowest BCUT2D eigenvalue weighted by Crippen LogP contribution is -2.30. The predicted octanol–water partition coefficient (Wildman–Crippen LogP) is 2.42. The zero-order valence-electron chi connectivity index (χ0n) is 12.1. The number of aromatic nitrogens is 2. The summed E-state index contributed by atoms with van der Waals surface area (Å²) in [7, 11) is 0. The fourth-order valence-corrected chi connectivity index (χ4v) is 2.06. The molecule has 21 heavy (non-hydrogen) atoms. The van der Waals surface area contributed by atoms with Crippen LogP contribution in [-0.4, -0.2) is 29.0 Å². The Morgan fingerprint density at radius 1 is 1.38 bits per heavy atom. The van der Waals surface area contributed by atoms with Crippen LogP contribution in [0.3, 0.4) is 0 Å². The molecule has 2 N–H and O–H groups in total. The van der Waals surface area contributed by atoms with Gasteiger partial charge in [0.05, 0.1) is 6.33 Å². The minimum atomic E-state index is -0.153. The van der Waals surface area contributed by atoms with E-state index in [2.05, 4.69) is 15.3 Å². The van der Waals surface area contributed by atoms with Gasteiger partial charge in [-0.25, -0.2) is 4.98 Å². The SMILES string of the molecule is Cc1cc(OCC(=O)NCCc2cnc[nH]2)cc(C)c1Cl. The minimum absolute atomic E-state index is 0.0104. The van der Waals surface area contributed by atoms with Crippen molar-refractivity contribution in [2.45, 2.75) is 20.3 Å². The van der Waals surface area contributed by atoms with Crippen molar-refractivity contribution in [3.63, 3.8) is 0 Å². The van der Waals surface area contributed by atoms with Gasteiger partial charge in [-0.2, -0.15) is 0 Å². The topological polar surface area (TPSA) is 67.0 Å². The maximum atomic E-state index is 11.7. The summed E-state index contributed by atoms with van der Waals surface area (Å²) in [5, 5.41) is 3.52. The van der Waals surface area contributed by atoms with E-state index in [0.717, 1.165) is 21.8 Å². The maximum absolute atomic E-state index is 11.7. The summed E-state index contributed by atoms with van der Waals surface area (Å²) in [4.78, 5) is 18.6. The Balaban J connectivity index is 1.76. The lowest BCUT2D eigenvalue weighted by molar-refractivity contribution is -0.123. The Morgan fingerprint density at radius 2 is 2.10 bits per heavy atom. The molecule has 0 aliphatic carbocycles. The summed E-state index contributed by atoms with van der Waals surface area (Å²) in [5.74, 6) is 0.498. The number of rotatable bonds is 6. The summed E-state index contributed by atoms with van der Waals surface area (Å²) in [5.41, 5.74) is 2.86. The number of hydrogen-bond acceptors (Lipinski definition) is 3. The van der Waals surface area contributed by atoms with Crippen LogP contribution in [0, 0.1) is 13.8 Å². The Kier molecular flexibility index (Phi) is 5.22. The standard InChI is InChI=1S/C15H18ClN3O2/c1-10-5-13(6-11(2)15(10)16)21-8-14(20)18-4-3-12-7-17-9-19-12/h5-7,9H,3-4,8H2,1-2H3,(H,17,19)(H,18,20). The molecule has 112 valence electrons. The number of ether oxygens (including phenoxy) is 1. The van der Waals surface area contributed by atoms with Gasteiger partial charge in [0.25, 0.3) is 5.91 Å². The summed E-state index contributed by atoms with van der Waals surface area (Å²) in [6.07, 6.45) is 4.07. The maximum Gasteiger partial charge on any atom is 0.257 e. The number of aromatic amines is 1. The lowest BCUT2D eigenvalue weighted by Gasteiger charge is -2.10. The highest BCUT2D eigenvalue weighted by Gasteiger charge is 2.06. The third-order valence-electron chi connectivity index (χ3n) is 3.05. The van der Waals surface area contributed by atoms with Crippen molar-refractivity contribution in [3.8, 4) is 5.75 Å². The van der Waals surface area contributed by atoms with Crippen molar-refractivity contribution in [3.05, 3.63) is 46.5 Å². The number of aryl methyl sites for hydroxylation is 2. The number of nitrogens with one attached hydrogen (secondary N) is 2. The Morgan fingerprint density at radius 3 is 2.71 bits per heavy atom. The minimum Gasteiger partial charge on any atom is -0.484 e. The molecule has 0 radical (unpaired) electrons. The first kappa shape index (κ1) is 15.4. The molecule has 0 bridgehead atoms. The van der Waals surface area contributed by atoms with Gasteiger partial charge in [-0.15, -0.1) is 0 Å². The van der Waals surface area contributed by atoms with Gasteiger partial charge in [0.1, 0.15) is 5.75 Å². The highest BCUT2D eigenvalue weighted by atomic mass is 35.5. The van der Waals surface area contributed by atoms with Crippen molar-refractivity contribution in [2.24, 2.45) is 0 Å². The zero-order chi connectivity index (χ0) is 15.2. The number of halogens is 1. The number of benzene rings is 1. The number of nitrogens with zero attached hydrogens (tertiary/aromatic N) is 1. The van der Waals surface area contributed by atoms with E-state index < -0.39 is 0 Å². The van der Waals surface area contributed by atoms with Gasteiger partial charge in [0, 0.05) is 29.9 Å². The molecule has 0 saturated heterocycles. The number of imidazole rings is 1. The second kappa shape index (κ2) is 7.13. The molecule has 1 heterocycles. The number of carbonyl (C=O) groups excluding carboxylic acids is 1. The monoisotopic (exact) mass is 307 g/mol. The number of hydrogen-bond donors (Lipinski definition) is 2. The molecule has 0 atom stereocenters. The molecule has 2 rings (SSSR count). The third kappa shape index (κ3) is 4.49. The fraction of sp³-hybridized carbons (Fsp3) is 0.333. The van der Waals surface area contributed by atoms with E-state index in [1.807, 2.05) is 26.0 Å². The van der Waals surface area contributed by atoms with Gasteiger partial charge in [-0.1, -0.05) is 11.6 Å². The molecule has 0 saturated carbocycles. The molecule has 0 unspecified atom stereocenters. The molecule has 2 aromatic rings. The highest BCUT2D eigenvalue weighted by Crippen LogP contribution is 2.25. The summed E-state index contributed by atoms with van der Waals surface area (Å²) in [6, 6.07) is 3.65. The van der Waals surface area contributed by atoms with Crippen molar-refractivity contribution in [2.75, 3.05) is 13.2 Å². The number of amides is 1. The Bertz CT molecular complexity index is 588. The summed E-state index contributed by atoms with van der Waals surface area (Å²) >= 11 is 6.09. The molecule has 0 aliphatic heterocycles.